The van der Waals surface area contributed by atoms with Crippen molar-refractivity contribution in [3.63, 3.8) is 0 Å². The normalized spacial score (nSPS) is 11.6. The van der Waals surface area contributed by atoms with Crippen molar-refractivity contribution in [1.82, 2.24) is 15.7 Å². The predicted octanol–water partition coefficient (Wildman–Crippen LogP) is 2.30. The number of hydrogen-bond acceptors (Lipinski definition) is 6. The Kier molecular flexibility index (Phi) is 9.29. The van der Waals surface area contributed by atoms with Crippen LogP contribution in [0.25, 0.3) is 11.1 Å². The fourth-order valence-electron chi connectivity index (χ4n) is 3.62. The number of aryl methyl sites for hydroxylation is 1. The Hall–Kier alpha value is -4.05. The number of benzene rings is 3. The third kappa shape index (κ3) is 7.47. The van der Waals surface area contributed by atoms with Gasteiger partial charge in [-0.3, -0.25) is 24.5 Å². The maximum absolute atomic E-state index is 12.4. The van der Waals surface area contributed by atoms with Crippen LogP contribution in [0.15, 0.2) is 72.8 Å². The summed E-state index contributed by atoms with van der Waals surface area (Å²) in [4.78, 5) is 38.2. The Bertz CT molecular complexity index is 1180. The van der Waals surface area contributed by atoms with Gasteiger partial charge in [0.25, 0.3) is 11.8 Å². The number of carbonyl (C=O) groups is 3. The van der Waals surface area contributed by atoms with Crippen LogP contribution in [0, 0.1) is 6.92 Å². The molecule has 36 heavy (non-hydrogen) atoms. The van der Waals surface area contributed by atoms with Gasteiger partial charge in [0.2, 0.25) is 5.91 Å². The largest absolute Gasteiger partial charge is 0.339 e. The predicted molar refractivity (Wildman–Crippen MR) is 138 cm³/mol. The molecule has 0 heterocycles. The summed E-state index contributed by atoms with van der Waals surface area (Å²) in [6.07, 6.45) is 0. The second kappa shape index (κ2) is 12.6. The highest BCUT2D eigenvalue weighted by molar-refractivity contribution is 5.98. The maximum Gasteiger partial charge on any atom is 0.267 e. The van der Waals surface area contributed by atoms with Crippen molar-refractivity contribution >= 4 is 23.4 Å². The Balaban J connectivity index is 1.54. The van der Waals surface area contributed by atoms with Crippen molar-refractivity contribution < 1.29 is 19.6 Å². The summed E-state index contributed by atoms with van der Waals surface area (Å²) in [5.74, 6) is -1.36. The maximum atomic E-state index is 12.4. The van der Waals surface area contributed by atoms with Gasteiger partial charge < -0.3 is 16.4 Å². The SMILES string of the molecule is Cc1ccc(CN(C)CC(=O)Nc2ccc(-c3ccc(C(=O)N[C@@H](CN)C(=O)NO)cc3)cc2)cc1. The van der Waals surface area contributed by atoms with Crippen LogP contribution in [0.3, 0.4) is 0 Å². The van der Waals surface area contributed by atoms with Gasteiger partial charge in [0, 0.05) is 24.3 Å². The van der Waals surface area contributed by atoms with E-state index in [-0.39, 0.29) is 19.0 Å². The molecule has 3 rings (SSSR count). The second-order valence-electron chi connectivity index (χ2n) is 8.60. The number of carbonyl (C=O) groups excluding carboxylic acids is 3. The molecule has 0 bridgehead atoms. The standard InChI is InChI=1S/C27H31N5O4/c1-18-3-5-19(6-4-18)16-32(2)17-25(33)29-23-13-11-21(12-14-23)20-7-9-22(10-8-20)26(34)30-24(15-28)27(35)31-36/h3-14,24,36H,15-17,28H2,1-2H3,(H,29,33)(H,30,34)(H,31,35)/t24-/m0/s1. The highest BCUT2D eigenvalue weighted by Gasteiger charge is 2.19. The van der Waals surface area contributed by atoms with E-state index in [1.165, 1.54) is 11.0 Å². The van der Waals surface area contributed by atoms with E-state index >= 15 is 0 Å². The van der Waals surface area contributed by atoms with Gasteiger partial charge in [-0.05, 0) is 54.9 Å². The van der Waals surface area contributed by atoms with Gasteiger partial charge in [-0.1, -0.05) is 54.1 Å². The number of anilines is 1. The van der Waals surface area contributed by atoms with E-state index in [0.717, 1.165) is 16.7 Å². The number of likely N-dealkylation sites (N-methyl/N-ethyl adjacent to an activating group) is 1. The minimum atomic E-state index is -1.03. The summed E-state index contributed by atoms with van der Waals surface area (Å²) in [5, 5.41) is 14.1. The Morgan fingerprint density at radius 2 is 1.50 bits per heavy atom. The third-order valence-corrected chi connectivity index (χ3v) is 5.60. The lowest BCUT2D eigenvalue weighted by molar-refractivity contribution is -0.130. The second-order valence-corrected chi connectivity index (χ2v) is 8.60. The summed E-state index contributed by atoms with van der Waals surface area (Å²) in [7, 11) is 1.91. The molecule has 188 valence electrons. The fraction of sp³-hybridized carbons (Fsp3) is 0.222. The van der Waals surface area contributed by atoms with Crippen LogP contribution >= 0.6 is 0 Å². The number of hydroxylamine groups is 1. The van der Waals surface area contributed by atoms with Crippen LogP contribution in [0.4, 0.5) is 5.69 Å². The molecule has 0 fully saturated rings. The van der Waals surface area contributed by atoms with E-state index in [1.54, 1.807) is 24.3 Å². The molecule has 3 aromatic rings. The Morgan fingerprint density at radius 3 is 2.06 bits per heavy atom. The summed E-state index contributed by atoms with van der Waals surface area (Å²) in [6.45, 7) is 2.84. The van der Waals surface area contributed by atoms with Gasteiger partial charge in [-0.15, -0.1) is 0 Å². The van der Waals surface area contributed by atoms with E-state index in [4.69, 9.17) is 10.9 Å². The minimum absolute atomic E-state index is 0.0987. The number of nitrogens with two attached hydrogens (primary N) is 1. The first-order chi connectivity index (χ1) is 17.3. The third-order valence-electron chi connectivity index (χ3n) is 5.60. The molecule has 0 unspecified atom stereocenters. The summed E-state index contributed by atoms with van der Waals surface area (Å²) in [6, 6.07) is 21.5. The van der Waals surface area contributed by atoms with Gasteiger partial charge in [-0.25, -0.2) is 5.48 Å². The molecule has 0 aliphatic heterocycles. The number of nitrogens with one attached hydrogen (secondary N) is 3. The molecule has 9 nitrogen and oxygen atoms in total. The van der Waals surface area contributed by atoms with Crippen LogP contribution in [0.1, 0.15) is 21.5 Å². The lowest BCUT2D eigenvalue weighted by Crippen LogP contribution is -2.50. The molecule has 3 amide bonds. The molecular formula is C27H31N5O4. The molecule has 9 heteroatoms. The van der Waals surface area contributed by atoms with Gasteiger partial charge in [-0.2, -0.15) is 0 Å². The molecule has 0 spiro atoms. The highest BCUT2D eigenvalue weighted by Crippen LogP contribution is 2.22. The van der Waals surface area contributed by atoms with E-state index in [2.05, 4.69) is 34.9 Å². The van der Waals surface area contributed by atoms with Crippen LogP contribution in [-0.4, -0.2) is 54.0 Å². The highest BCUT2D eigenvalue weighted by atomic mass is 16.5. The summed E-state index contributed by atoms with van der Waals surface area (Å²) < 4.78 is 0. The zero-order valence-corrected chi connectivity index (χ0v) is 20.3. The average Bonchev–Trinajstić information content (AvgIpc) is 2.88. The van der Waals surface area contributed by atoms with Gasteiger partial charge >= 0.3 is 0 Å². The van der Waals surface area contributed by atoms with Crippen molar-refractivity contribution in [2.45, 2.75) is 19.5 Å². The van der Waals surface area contributed by atoms with Crippen molar-refractivity contribution in [2.75, 3.05) is 25.5 Å². The zero-order chi connectivity index (χ0) is 26.1. The molecule has 0 saturated carbocycles. The zero-order valence-electron chi connectivity index (χ0n) is 20.3. The Morgan fingerprint density at radius 1 is 0.917 bits per heavy atom. The number of rotatable bonds is 10. The van der Waals surface area contributed by atoms with Crippen molar-refractivity contribution in [3.05, 3.63) is 89.5 Å². The first kappa shape index (κ1) is 26.6. The van der Waals surface area contributed by atoms with Crippen molar-refractivity contribution in [1.29, 1.82) is 0 Å². The van der Waals surface area contributed by atoms with E-state index in [1.807, 2.05) is 43.1 Å². The van der Waals surface area contributed by atoms with Gasteiger partial charge in [0.05, 0.1) is 6.54 Å². The lowest BCUT2D eigenvalue weighted by Gasteiger charge is -2.16. The monoisotopic (exact) mass is 489 g/mol. The fourth-order valence-corrected chi connectivity index (χ4v) is 3.62. The molecule has 6 N–H and O–H groups in total. The van der Waals surface area contributed by atoms with Gasteiger partial charge in [0.1, 0.15) is 6.04 Å². The summed E-state index contributed by atoms with van der Waals surface area (Å²) >= 11 is 0. The topological polar surface area (TPSA) is 137 Å². The molecule has 3 aromatic carbocycles. The smallest absolute Gasteiger partial charge is 0.267 e. The van der Waals surface area contributed by atoms with Gasteiger partial charge in [0.15, 0.2) is 0 Å². The molecule has 0 radical (unpaired) electrons. The van der Waals surface area contributed by atoms with Crippen LogP contribution in [-0.2, 0) is 16.1 Å². The van der Waals surface area contributed by atoms with Crippen molar-refractivity contribution in [3.8, 4) is 11.1 Å². The first-order valence-corrected chi connectivity index (χ1v) is 11.5. The lowest BCUT2D eigenvalue weighted by atomic mass is 10.0. The van der Waals surface area contributed by atoms with Crippen molar-refractivity contribution in [2.24, 2.45) is 5.73 Å². The quantitative estimate of drug-likeness (QED) is 0.219. The van der Waals surface area contributed by atoms with Crippen LogP contribution < -0.4 is 21.8 Å². The van der Waals surface area contributed by atoms with E-state index in [9.17, 15) is 14.4 Å². The molecule has 1 atom stereocenters. The number of nitrogens with zero attached hydrogens (tertiary/aromatic N) is 1. The molecule has 0 saturated heterocycles. The minimum Gasteiger partial charge on any atom is -0.339 e. The summed E-state index contributed by atoms with van der Waals surface area (Å²) in [5.41, 5.74) is 12.1. The first-order valence-electron chi connectivity index (χ1n) is 11.5. The number of hydrogen-bond donors (Lipinski definition) is 5. The number of amides is 3. The van der Waals surface area contributed by atoms with E-state index < -0.39 is 17.9 Å². The molecule has 0 aliphatic rings. The molecule has 0 aromatic heterocycles. The van der Waals surface area contributed by atoms with Crippen LogP contribution in [0.2, 0.25) is 0 Å². The van der Waals surface area contributed by atoms with E-state index in [0.29, 0.717) is 17.8 Å². The molecular weight excluding hydrogens is 458 g/mol. The Labute approximate surface area is 210 Å². The average molecular weight is 490 g/mol. The molecule has 0 aliphatic carbocycles. The van der Waals surface area contributed by atoms with Crippen LogP contribution in [0.5, 0.6) is 0 Å².